The lowest BCUT2D eigenvalue weighted by Crippen LogP contribution is -2.32. The van der Waals surface area contributed by atoms with Crippen molar-refractivity contribution in [1.82, 2.24) is 15.3 Å². The zero-order valence-electron chi connectivity index (χ0n) is 11.0. The first-order valence-electron chi connectivity index (χ1n) is 5.61. The monoisotopic (exact) mass is 268 g/mol. The molecule has 0 spiro atoms. The predicted molar refractivity (Wildman–Crippen MR) is 68.5 cm³/mol. The summed E-state index contributed by atoms with van der Waals surface area (Å²) >= 11 is 0. The van der Waals surface area contributed by atoms with E-state index >= 15 is 0 Å². The van der Waals surface area contributed by atoms with Crippen LogP contribution in [0.3, 0.4) is 0 Å². The number of aromatic nitrogens is 2. The van der Waals surface area contributed by atoms with E-state index in [0.29, 0.717) is 5.82 Å². The van der Waals surface area contributed by atoms with Crippen LogP contribution in [-0.2, 0) is 4.74 Å². The summed E-state index contributed by atoms with van der Waals surface area (Å²) in [6, 6.07) is 0. The number of carbonyl (C=O) groups is 1. The van der Waals surface area contributed by atoms with Gasteiger partial charge in [-0.15, -0.1) is 0 Å². The molecule has 0 radical (unpaired) electrons. The van der Waals surface area contributed by atoms with Crippen molar-refractivity contribution in [2.24, 2.45) is 0 Å². The second-order valence-corrected chi connectivity index (χ2v) is 4.70. The van der Waals surface area contributed by atoms with Gasteiger partial charge in [-0.05, 0) is 25.7 Å². The van der Waals surface area contributed by atoms with Gasteiger partial charge in [-0.3, -0.25) is 0 Å². The maximum atomic E-state index is 11.3. The first-order valence-corrected chi connectivity index (χ1v) is 5.61. The number of hydrogen-bond acceptors (Lipinski definition) is 5. The number of amides is 1. The van der Waals surface area contributed by atoms with Gasteiger partial charge in [-0.2, -0.15) is 0 Å². The number of nitro groups is 1. The summed E-state index contributed by atoms with van der Waals surface area (Å²) in [6.45, 7) is 5.54. The van der Waals surface area contributed by atoms with E-state index in [2.05, 4.69) is 15.3 Å². The highest BCUT2D eigenvalue weighted by Crippen LogP contribution is 2.07. The number of carbonyl (C=O) groups excluding carboxylic acids is 1. The number of nitrogens with zero attached hydrogens (tertiary/aromatic N) is 2. The van der Waals surface area contributed by atoms with Gasteiger partial charge in [-0.1, -0.05) is 6.08 Å². The van der Waals surface area contributed by atoms with Crippen molar-refractivity contribution in [2.75, 3.05) is 6.54 Å². The van der Waals surface area contributed by atoms with E-state index < -0.39 is 16.6 Å². The molecule has 0 aromatic carbocycles. The van der Waals surface area contributed by atoms with Gasteiger partial charge in [0.1, 0.15) is 11.8 Å². The fraction of sp³-hybridized carbons (Fsp3) is 0.455. The minimum atomic E-state index is -0.566. The van der Waals surface area contributed by atoms with Gasteiger partial charge in [0.05, 0.1) is 0 Å². The first kappa shape index (κ1) is 14.7. The van der Waals surface area contributed by atoms with Crippen LogP contribution in [0.1, 0.15) is 26.6 Å². The Balaban J connectivity index is 2.38. The second kappa shape index (κ2) is 5.98. The lowest BCUT2D eigenvalue weighted by atomic mass is 10.2. The fourth-order valence-electron chi connectivity index (χ4n) is 1.13. The molecule has 1 aromatic heterocycles. The Hall–Kier alpha value is -2.38. The summed E-state index contributed by atoms with van der Waals surface area (Å²) in [5.41, 5.74) is -0.546. The van der Waals surface area contributed by atoms with Gasteiger partial charge in [0.15, 0.2) is 0 Å². The Bertz CT molecular complexity index is 487. The molecule has 2 N–H and O–H groups in total. The maximum Gasteiger partial charge on any atom is 0.407 e. The molecule has 1 aromatic rings. The van der Waals surface area contributed by atoms with E-state index in [4.69, 9.17) is 4.74 Å². The van der Waals surface area contributed by atoms with E-state index in [9.17, 15) is 14.9 Å². The van der Waals surface area contributed by atoms with E-state index in [1.807, 2.05) is 0 Å². The van der Waals surface area contributed by atoms with E-state index in [1.165, 1.54) is 6.08 Å². The van der Waals surface area contributed by atoms with E-state index in [-0.39, 0.29) is 12.4 Å². The van der Waals surface area contributed by atoms with Crippen molar-refractivity contribution >= 4 is 18.0 Å². The molecule has 8 heteroatoms. The zero-order valence-corrected chi connectivity index (χ0v) is 11.0. The van der Waals surface area contributed by atoms with E-state index in [0.717, 1.165) is 6.20 Å². The minimum Gasteiger partial charge on any atom is -0.444 e. The lowest BCUT2D eigenvalue weighted by Gasteiger charge is -2.19. The maximum absolute atomic E-state index is 11.3. The number of ether oxygens (including phenoxy) is 1. The van der Waals surface area contributed by atoms with Crippen LogP contribution >= 0.6 is 0 Å². The smallest absolute Gasteiger partial charge is 0.407 e. The largest absolute Gasteiger partial charge is 0.444 e. The molecule has 0 aliphatic carbocycles. The molecular weight excluding hydrogens is 252 g/mol. The molecule has 0 atom stereocenters. The van der Waals surface area contributed by atoms with Gasteiger partial charge < -0.3 is 20.2 Å². The van der Waals surface area contributed by atoms with Gasteiger partial charge >= 0.3 is 11.9 Å². The number of nitrogens with one attached hydrogen (secondary N) is 2. The van der Waals surface area contributed by atoms with Crippen molar-refractivity contribution in [3.63, 3.8) is 0 Å². The number of imidazole rings is 1. The normalized spacial score (nSPS) is 11.5. The molecule has 1 heterocycles. The Morgan fingerprint density at radius 2 is 2.32 bits per heavy atom. The molecule has 1 amide bonds. The summed E-state index contributed by atoms with van der Waals surface area (Å²) in [5.74, 6) is 0.164. The van der Waals surface area contributed by atoms with Crippen LogP contribution in [0.25, 0.3) is 6.08 Å². The van der Waals surface area contributed by atoms with Crippen molar-refractivity contribution in [3.8, 4) is 0 Å². The Morgan fingerprint density at radius 3 is 2.84 bits per heavy atom. The minimum absolute atomic E-state index is 0.181. The van der Waals surface area contributed by atoms with Crippen LogP contribution in [0.4, 0.5) is 10.6 Å². The van der Waals surface area contributed by atoms with Crippen molar-refractivity contribution < 1.29 is 14.5 Å². The molecule has 0 saturated carbocycles. The molecule has 0 unspecified atom stereocenters. The number of rotatable bonds is 4. The molecule has 0 bridgehead atoms. The molecular formula is C11H16N4O4. The number of hydrogen-bond donors (Lipinski definition) is 2. The van der Waals surface area contributed by atoms with Crippen LogP contribution < -0.4 is 5.32 Å². The Labute approximate surface area is 110 Å². The summed E-state index contributed by atoms with van der Waals surface area (Å²) in [4.78, 5) is 27.4. The highest BCUT2D eigenvalue weighted by molar-refractivity contribution is 5.68. The highest BCUT2D eigenvalue weighted by atomic mass is 16.6. The number of H-pyrrole nitrogens is 1. The lowest BCUT2D eigenvalue weighted by molar-refractivity contribution is -0.389. The molecule has 0 aliphatic rings. The number of alkyl carbamates (subject to hydrolysis) is 1. The summed E-state index contributed by atoms with van der Waals surface area (Å²) in [7, 11) is 0. The topological polar surface area (TPSA) is 110 Å². The van der Waals surface area contributed by atoms with Crippen LogP contribution in [0.5, 0.6) is 0 Å². The quantitative estimate of drug-likeness (QED) is 0.639. The highest BCUT2D eigenvalue weighted by Gasteiger charge is 2.15. The first-order chi connectivity index (χ1) is 8.78. The van der Waals surface area contributed by atoms with Crippen molar-refractivity contribution in [1.29, 1.82) is 0 Å². The van der Waals surface area contributed by atoms with Crippen LogP contribution in [0, 0.1) is 10.1 Å². The molecule has 0 aliphatic heterocycles. The number of aromatic amines is 1. The van der Waals surface area contributed by atoms with Crippen LogP contribution in [-0.4, -0.2) is 33.1 Å². The summed E-state index contributed by atoms with van der Waals surface area (Å²) in [6.07, 6.45) is 3.74. The van der Waals surface area contributed by atoms with Gasteiger partial charge in [-0.25, -0.2) is 14.8 Å². The molecule has 1 rings (SSSR count). The van der Waals surface area contributed by atoms with Gasteiger partial charge in [0.2, 0.25) is 5.82 Å². The third kappa shape index (κ3) is 5.66. The van der Waals surface area contributed by atoms with Gasteiger partial charge in [0, 0.05) is 12.6 Å². The third-order valence-corrected chi connectivity index (χ3v) is 1.82. The van der Waals surface area contributed by atoms with Crippen molar-refractivity contribution in [2.45, 2.75) is 26.4 Å². The molecule has 0 saturated heterocycles. The van der Waals surface area contributed by atoms with Gasteiger partial charge in [0.25, 0.3) is 0 Å². The summed E-state index contributed by atoms with van der Waals surface area (Å²) < 4.78 is 5.03. The SMILES string of the molecule is CC(C)(C)OC(=O)NCC=Cc1ncc([N+](=O)[O-])[nH]1. The van der Waals surface area contributed by atoms with Crippen LogP contribution in [0.15, 0.2) is 12.3 Å². The molecule has 19 heavy (non-hydrogen) atoms. The Morgan fingerprint density at radius 1 is 1.63 bits per heavy atom. The zero-order chi connectivity index (χ0) is 14.5. The average Bonchev–Trinajstić information content (AvgIpc) is 2.70. The standard InChI is InChI=1S/C11H16N4O4/c1-11(2,3)19-10(16)12-6-4-5-8-13-7-9(14-8)15(17)18/h4-5,7H,6H2,1-3H3,(H,12,16)(H,13,14). The molecule has 104 valence electrons. The molecule has 8 nitrogen and oxygen atoms in total. The van der Waals surface area contributed by atoms with E-state index in [1.54, 1.807) is 26.8 Å². The second-order valence-electron chi connectivity index (χ2n) is 4.70. The van der Waals surface area contributed by atoms with Crippen molar-refractivity contribution in [3.05, 3.63) is 28.2 Å². The Kier molecular flexibility index (Phi) is 4.62. The summed E-state index contributed by atoms with van der Waals surface area (Å²) in [5, 5.41) is 12.9. The average molecular weight is 268 g/mol. The molecule has 0 fully saturated rings. The third-order valence-electron chi connectivity index (χ3n) is 1.82. The van der Waals surface area contributed by atoms with Crippen LogP contribution in [0.2, 0.25) is 0 Å². The fourth-order valence-corrected chi connectivity index (χ4v) is 1.13. The predicted octanol–water partition coefficient (Wildman–Crippen LogP) is 1.86.